The minimum absolute atomic E-state index is 0.170. The summed E-state index contributed by atoms with van der Waals surface area (Å²) in [4.78, 5) is 0. The highest BCUT2D eigenvalue weighted by atomic mass is 16.3. The Morgan fingerprint density at radius 3 is 1.87 bits per heavy atom. The monoisotopic (exact) mass is 212 g/mol. The van der Waals surface area contributed by atoms with E-state index in [2.05, 4.69) is 0 Å². The third-order valence-electron chi connectivity index (χ3n) is 4.19. The lowest BCUT2D eigenvalue weighted by Crippen LogP contribution is -2.39. The van der Waals surface area contributed by atoms with Crippen LogP contribution in [0.4, 0.5) is 0 Å². The van der Waals surface area contributed by atoms with Crippen molar-refractivity contribution in [2.24, 2.45) is 17.3 Å². The van der Waals surface area contributed by atoms with Crippen molar-refractivity contribution in [1.29, 1.82) is 0 Å². The van der Waals surface area contributed by atoms with Gasteiger partial charge in [-0.05, 0) is 31.1 Å². The molecule has 0 heterocycles. The largest absolute Gasteiger partial charge is 0.396 e. The zero-order valence-electron chi connectivity index (χ0n) is 9.78. The minimum Gasteiger partial charge on any atom is -0.396 e. The van der Waals surface area contributed by atoms with E-state index in [1.807, 2.05) is 6.92 Å². The van der Waals surface area contributed by atoms with Crippen LogP contribution < -0.4 is 0 Å². The number of hydrogen-bond donors (Lipinski definition) is 2. The van der Waals surface area contributed by atoms with Crippen LogP contribution in [0, 0.1) is 17.3 Å². The first-order valence-electron chi connectivity index (χ1n) is 6.49. The maximum atomic E-state index is 10.2. The Bertz CT molecular complexity index is 193. The third-order valence-corrected chi connectivity index (χ3v) is 4.19. The van der Waals surface area contributed by atoms with Crippen LogP contribution in [0.1, 0.15) is 51.9 Å². The van der Waals surface area contributed by atoms with E-state index in [9.17, 15) is 10.2 Å². The van der Waals surface area contributed by atoms with E-state index in [1.54, 1.807) is 0 Å². The Morgan fingerprint density at radius 2 is 1.60 bits per heavy atom. The zero-order valence-corrected chi connectivity index (χ0v) is 9.78. The second-order valence-corrected chi connectivity index (χ2v) is 5.74. The van der Waals surface area contributed by atoms with Gasteiger partial charge in [-0.2, -0.15) is 0 Å². The van der Waals surface area contributed by atoms with Crippen molar-refractivity contribution in [2.75, 3.05) is 6.61 Å². The van der Waals surface area contributed by atoms with Gasteiger partial charge in [0.05, 0.1) is 12.7 Å². The van der Waals surface area contributed by atoms with Gasteiger partial charge < -0.3 is 10.2 Å². The lowest BCUT2D eigenvalue weighted by Gasteiger charge is -2.36. The van der Waals surface area contributed by atoms with E-state index in [4.69, 9.17) is 0 Å². The normalized spacial score (nSPS) is 24.2. The maximum Gasteiger partial charge on any atom is 0.0616 e. The van der Waals surface area contributed by atoms with Crippen LogP contribution in [0.3, 0.4) is 0 Å². The molecule has 0 radical (unpaired) electrons. The summed E-state index contributed by atoms with van der Waals surface area (Å²) in [5, 5.41) is 19.8. The molecule has 0 saturated heterocycles. The number of aliphatic hydroxyl groups excluding tert-OH is 2. The first-order valence-corrected chi connectivity index (χ1v) is 6.49. The number of rotatable bonds is 7. The summed E-state index contributed by atoms with van der Waals surface area (Å²) >= 11 is 0. The molecular weight excluding hydrogens is 188 g/mol. The fraction of sp³-hybridized carbons (Fsp3) is 1.00. The van der Waals surface area contributed by atoms with Gasteiger partial charge in [0, 0.05) is 5.41 Å². The molecule has 88 valence electrons. The maximum absolute atomic E-state index is 10.2. The second-order valence-electron chi connectivity index (χ2n) is 5.74. The molecule has 2 N–H and O–H groups in total. The summed E-state index contributed by atoms with van der Waals surface area (Å²) in [7, 11) is 0. The van der Waals surface area contributed by atoms with Crippen LogP contribution in [-0.4, -0.2) is 22.9 Å². The first kappa shape index (κ1) is 11.4. The van der Waals surface area contributed by atoms with Gasteiger partial charge in [0.15, 0.2) is 0 Å². The fourth-order valence-electron chi connectivity index (χ4n) is 2.82. The third kappa shape index (κ3) is 2.73. The van der Waals surface area contributed by atoms with Crippen molar-refractivity contribution in [2.45, 2.75) is 58.0 Å². The summed E-state index contributed by atoms with van der Waals surface area (Å²) in [5.74, 6) is 1.58. The van der Waals surface area contributed by atoms with Gasteiger partial charge in [0.2, 0.25) is 0 Å². The molecule has 0 bridgehead atoms. The van der Waals surface area contributed by atoms with E-state index in [0.717, 1.165) is 31.1 Å². The molecule has 1 atom stereocenters. The average Bonchev–Trinajstić information content (AvgIpc) is 3.11. The molecule has 2 nitrogen and oxygen atoms in total. The van der Waals surface area contributed by atoms with Crippen molar-refractivity contribution in [1.82, 2.24) is 0 Å². The quantitative estimate of drug-likeness (QED) is 0.680. The van der Waals surface area contributed by atoms with E-state index in [1.165, 1.54) is 25.7 Å². The van der Waals surface area contributed by atoms with Gasteiger partial charge in [-0.25, -0.2) is 0 Å². The predicted molar refractivity (Wildman–Crippen MR) is 60.5 cm³/mol. The standard InChI is InChI=1S/C13H24O2/c1-2-12(15)13(9-14,7-10-3-4-10)8-11-5-6-11/h10-12,14-15H,2-9H2,1H3. The summed E-state index contributed by atoms with van der Waals surface area (Å²) < 4.78 is 0. The van der Waals surface area contributed by atoms with Gasteiger partial charge in [0.25, 0.3) is 0 Å². The van der Waals surface area contributed by atoms with Gasteiger partial charge in [-0.15, -0.1) is 0 Å². The molecular formula is C13H24O2. The molecule has 15 heavy (non-hydrogen) atoms. The molecule has 1 unspecified atom stereocenters. The Balaban J connectivity index is 2.00. The van der Waals surface area contributed by atoms with Crippen LogP contribution in [0.2, 0.25) is 0 Å². The average molecular weight is 212 g/mol. The topological polar surface area (TPSA) is 40.5 Å². The molecule has 0 spiro atoms. The molecule has 2 aliphatic carbocycles. The SMILES string of the molecule is CCC(O)C(CO)(CC1CC1)CC1CC1. The summed E-state index contributed by atoms with van der Waals surface area (Å²) in [6, 6.07) is 0. The highest BCUT2D eigenvalue weighted by molar-refractivity contribution is 4.95. The molecule has 0 aliphatic heterocycles. The zero-order chi connectivity index (χ0) is 10.9. The minimum atomic E-state index is -0.302. The molecule has 0 aromatic rings. The van der Waals surface area contributed by atoms with E-state index in [0.29, 0.717) is 0 Å². The first-order chi connectivity index (χ1) is 7.20. The number of aliphatic hydroxyl groups is 2. The Labute approximate surface area is 92.7 Å². The second kappa shape index (κ2) is 4.42. The Morgan fingerprint density at radius 1 is 1.13 bits per heavy atom. The van der Waals surface area contributed by atoms with E-state index in [-0.39, 0.29) is 18.1 Å². The van der Waals surface area contributed by atoms with Crippen molar-refractivity contribution >= 4 is 0 Å². The smallest absolute Gasteiger partial charge is 0.0616 e. The van der Waals surface area contributed by atoms with Gasteiger partial charge >= 0.3 is 0 Å². The summed E-state index contributed by atoms with van der Waals surface area (Å²) in [5.41, 5.74) is -0.170. The van der Waals surface area contributed by atoms with E-state index >= 15 is 0 Å². The molecule has 0 amide bonds. The summed E-state index contributed by atoms with van der Waals surface area (Å²) in [6.07, 6.45) is 7.81. The van der Waals surface area contributed by atoms with Crippen molar-refractivity contribution in [3.63, 3.8) is 0 Å². The van der Waals surface area contributed by atoms with Crippen LogP contribution in [0.25, 0.3) is 0 Å². The molecule has 2 saturated carbocycles. The highest BCUT2D eigenvalue weighted by Crippen LogP contribution is 2.49. The molecule has 2 rings (SSSR count). The predicted octanol–water partition coefficient (Wildman–Crippen LogP) is 2.34. The fourth-order valence-corrected chi connectivity index (χ4v) is 2.82. The van der Waals surface area contributed by atoms with E-state index < -0.39 is 0 Å². The number of hydrogen-bond acceptors (Lipinski definition) is 2. The van der Waals surface area contributed by atoms with Crippen molar-refractivity contribution in [3.05, 3.63) is 0 Å². The van der Waals surface area contributed by atoms with Gasteiger partial charge in [0.1, 0.15) is 0 Å². The molecule has 2 aliphatic rings. The lowest BCUT2D eigenvalue weighted by atomic mass is 9.73. The van der Waals surface area contributed by atoms with Gasteiger partial charge in [-0.3, -0.25) is 0 Å². The summed E-state index contributed by atoms with van der Waals surface area (Å²) in [6.45, 7) is 2.20. The molecule has 2 heteroatoms. The Kier molecular flexibility index (Phi) is 3.36. The van der Waals surface area contributed by atoms with Crippen molar-refractivity contribution in [3.8, 4) is 0 Å². The van der Waals surface area contributed by atoms with Crippen LogP contribution in [0.5, 0.6) is 0 Å². The van der Waals surface area contributed by atoms with Crippen LogP contribution >= 0.6 is 0 Å². The van der Waals surface area contributed by atoms with Crippen molar-refractivity contribution < 1.29 is 10.2 Å². The highest BCUT2D eigenvalue weighted by Gasteiger charge is 2.44. The van der Waals surface area contributed by atoms with Crippen LogP contribution in [-0.2, 0) is 0 Å². The molecule has 2 fully saturated rings. The molecule has 0 aromatic carbocycles. The molecule has 0 aromatic heterocycles. The van der Waals surface area contributed by atoms with Crippen LogP contribution in [0.15, 0.2) is 0 Å². The van der Waals surface area contributed by atoms with Gasteiger partial charge in [-0.1, -0.05) is 32.6 Å². The Hall–Kier alpha value is -0.0800. The lowest BCUT2D eigenvalue weighted by molar-refractivity contribution is -0.0389.